The van der Waals surface area contributed by atoms with E-state index in [2.05, 4.69) is 29.5 Å². The predicted octanol–water partition coefficient (Wildman–Crippen LogP) is 2.63. The molecule has 114 valence electrons. The van der Waals surface area contributed by atoms with Gasteiger partial charge in [0.2, 0.25) is 0 Å². The number of hydrogen-bond donors (Lipinski definition) is 1. The molecule has 1 fully saturated rings. The van der Waals surface area contributed by atoms with Gasteiger partial charge in [-0.3, -0.25) is 4.79 Å². The highest BCUT2D eigenvalue weighted by Crippen LogP contribution is 2.23. The predicted molar refractivity (Wildman–Crippen MR) is 86.6 cm³/mol. The van der Waals surface area contributed by atoms with E-state index in [0.29, 0.717) is 11.7 Å². The van der Waals surface area contributed by atoms with Crippen molar-refractivity contribution in [1.82, 2.24) is 4.90 Å². The number of carboxylic acids is 1. The summed E-state index contributed by atoms with van der Waals surface area (Å²) in [5.41, 5.74) is 0.157. The van der Waals surface area contributed by atoms with Crippen molar-refractivity contribution in [2.75, 3.05) is 19.7 Å². The van der Waals surface area contributed by atoms with Gasteiger partial charge >= 0.3 is 5.97 Å². The molecule has 21 heavy (non-hydrogen) atoms. The molecule has 1 amide bonds. The van der Waals surface area contributed by atoms with E-state index in [-0.39, 0.29) is 18.1 Å². The number of likely N-dealkylation sites (tertiary alicyclic amines) is 1. The van der Waals surface area contributed by atoms with E-state index in [9.17, 15) is 9.59 Å². The molecule has 5 nitrogen and oxygen atoms in total. The number of amides is 1. The highest BCUT2D eigenvalue weighted by Gasteiger charge is 2.21. The maximum atomic E-state index is 12.1. The second-order valence-electron chi connectivity index (χ2n) is 5.33. The maximum Gasteiger partial charge on any atom is 0.335 e. The number of ether oxygens (including phenoxy) is 1. The molecule has 0 aliphatic carbocycles. The van der Waals surface area contributed by atoms with Gasteiger partial charge in [0.15, 0.2) is 6.61 Å². The number of halogens is 1. The molecule has 0 spiro atoms. The number of carbonyl (C=O) groups is 2. The third-order valence-electron chi connectivity index (χ3n) is 3.54. The van der Waals surface area contributed by atoms with Crippen LogP contribution >= 0.6 is 22.6 Å². The first kappa shape index (κ1) is 16.1. The Morgan fingerprint density at radius 3 is 2.90 bits per heavy atom. The van der Waals surface area contributed by atoms with E-state index in [1.165, 1.54) is 12.1 Å². The van der Waals surface area contributed by atoms with E-state index in [4.69, 9.17) is 9.84 Å². The average molecular weight is 403 g/mol. The highest BCUT2D eigenvalue weighted by atomic mass is 127. The third kappa shape index (κ3) is 4.33. The van der Waals surface area contributed by atoms with E-state index >= 15 is 0 Å². The van der Waals surface area contributed by atoms with Gasteiger partial charge in [-0.05, 0) is 59.5 Å². The van der Waals surface area contributed by atoms with Crippen LogP contribution in [-0.2, 0) is 4.79 Å². The highest BCUT2D eigenvalue weighted by molar-refractivity contribution is 14.1. The first-order valence-electron chi connectivity index (χ1n) is 6.91. The van der Waals surface area contributed by atoms with Gasteiger partial charge in [0.05, 0.1) is 9.13 Å². The number of benzene rings is 1. The SMILES string of the molecule is CC1CCCN(C(=O)COc2cc(C(=O)O)ccc2I)C1. The zero-order chi connectivity index (χ0) is 15.4. The van der Waals surface area contributed by atoms with Crippen molar-refractivity contribution in [3.8, 4) is 5.75 Å². The molecule has 1 N–H and O–H groups in total. The zero-order valence-corrected chi connectivity index (χ0v) is 14.0. The van der Waals surface area contributed by atoms with Crippen LogP contribution in [0.3, 0.4) is 0 Å². The van der Waals surface area contributed by atoms with E-state index < -0.39 is 5.97 Å². The number of carboxylic acid groups (broad SMARTS) is 1. The van der Waals surface area contributed by atoms with Gasteiger partial charge in [-0.1, -0.05) is 6.92 Å². The van der Waals surface area contributed by atoms with Crippen LogP contribution in [0.1, 0.15) is 30.1 Å². The fourth-order valence-corrected chi connectivity index (χ4v) is 2.88. The van der Waals surface area contributed by atoms with Crippen LogP contribution < -0.4 is 4.74 Å². The largest absolute Gasteiger partial charge is 0.483 e. The Morgan fingerprint density at radius 1 is 1.48 bits per heavy atom. The van der Waals surface area contributed by atoms with Gasteiger partial charge in [0, 0.05) is 13.1 Å². The van der Waals surface area contributed by atoms with Crippen molar-refractivity contribution in [1.29, 1.82) is 0 Å². The number of carbonyl (C=O) groups excluding carboxylic acids is 1. The second kappa shape index (κ2) is 7.11. The van der Waals surface area contributed by atoms with E-state index in [1.54, 1.807) is 6.07 Å². The molecular formula is C15H18INO4. The van der Waals surface area contributed by atoms with Crippen molar-refractivity contribution >= 4 is 34.5 Å². The molecule has 1 heterocycles. The number of nitrogens with zero attached hydrogens (tertiary/aromatic N) is 1. The average Bonchev–Trinajstić information content (AvgIpc) is 2.45. The molecule has 1 saturated heterocycles. The molecule has 0 radical (unpaired) electrons. The van der Waals surface area contributed by atoms with Gasteiger partial charge in [0.1, 0.15) is 5.75 Å². The van der Waals surface area contributed by atoms with Crippen molar-refractivity contribution in [3.63, 3.8) is 0 Å². The number of aromatic carboxylic acids is 1. The minimum atomic E-state index is -1.01. The fourth-order valence-electron chi connectivity index (χ4n) is 2.39. The van der Waals surface area contributed by atoms with Gasteiger partial charge in [-0.25, -0.2) is 4.79 Å². The van der Waals surface area contributed by atoms with Crippen LogP contribution in [0.2, 0.25) is 0 Å². The number of hydrogen-bond acceptors (Lipinski definition) is 3. The molecule has 1 aromatic rings. The summed E-state index contributed by atoms with van der Waals surface area (Å²) in [4.78, 5) is 24.9. The van der Waals surface area contributed by atoms with Gasteiger partial charge in [0.25, 0.3) is 5.91 Å². The normalized spacial score (nSPS) is 18.4. The molecule has 0 saturated carbocycles. The summed E-state index contributed by atoms with van der Waals surface area (Å²) in [6.45, 7) is 3.64. The van der Waals surface area contributed by atoms with Crippen LogP contribution in [0, 0.1) is 9.49 Å². The number of piperidine rings is 1. The molecular weight excluding hydrogens is 385 g/mol. The van der Waals surface area contributed by atoms with Crippen molar-refractivity contribution in [2.45, 2.75) is 19.8 Å². The van der Waals surface area contributed by atoms with Crippen molar-refractivity contribution < 1.29 is 19.4 Å². The van der Waals surface area contributed by atoms with Crippen molar-refractivity contribution in [2.24, 2.45) is 5.92 Å². The summed E-state index contributed by atoms with van der Waals surface area (Å²) in [7, 11) is 0. The molecule has 6 heteroatoms. The molecule has 2 rings (SSSR count). The quantitative estimate of drug-likeness (QED) is 0.786. The van der Waals surface area contributed by atoms with Crippen LogP contribution in [0.15, 0.2) is 18.2 Å². The lowest BCUT2D eigenvalue weighted by molar-refractivity contribution is -0.135. The lowest BCUT2D eigenvalue weighted by Gasteiger charge is -2.30. The molecule has 1 aromatic carbocycles. The molecule has 0 bridgehead atoms. The molecule has 1 unspecified atom stereocenters. The van der Waals surface area contributed by atoms with Crippen LogP contribution in [0.5, 0.6) is 5.75 Å². The Hall–Kier alpha value is -1.31. The topological polar surface area (TPSA) is 66.8 Å². The summed E-state index contributed by atoms with van der Waals surface area (Å²) in [5, 5.41) is 8.98. The fraction of sp³-hybridized carbons (Fsp3) is 0.467. The van der Waals surface area contributed by atoms with Gasteiger partial charge < -0.3 is 14.7 Å². The first-order chi connectivity index (χ1) is 9.97. The Labute approximate surface area is 137 Å². The first-order valence-corrected chi connectivity index (χ1v) is 7.98. The van der Waals surface area contributed by atoms with Crippen LogP contribution in [0.4, 0.5) is 0 Å². The Morgan fingerprint density at radius 2 is 2.24 bits per heavy atom. The Balaban J connectivity index is 1.97. The minimum absolute atomic E-state index is 0.0434. The lowest BCUT2D eigenvalue weighted by Crippen LogP contribution is -2.41. The smallest absolute Gasteiger partial charge is 0.335 e. The number of rotatable bonds is 4. The summed E-state index contributed by atoms with van der Waals surface area (Å²) in [5.74, 6) is -0.0856. The zero-order valence-electron chi connectivity index (χ0n) is 11.8. The van der Waals surface area contributed by atoms with Gasteiger partial charge in [-0.2, -0.15) is 0 Å². The minimum Gasteiger partial charge on any atom is -0.483 e. The van der Waals surface area contributed by atoms with E-state index in [1.807, 2.05) is 4.90 Å². The summed E-state index contributed by atoms with van der Waals surface area (Å²) in [6.07, 6.45) is 2.18. The lowest BCUT2D eigenvalue weighted by atomic mass is 10.0. The standard InChI is InChI=1S/C15H18INO4/c1-10-3-2-6-17(8-10)14(18)9-21-13-7-11(15(19)20)4-5-12(13)16/h4-5,7,10H,2-3,6,8-9H2,1H3,(H,19,20). The molecule has 0 aromatic heterocycles. The maximum absolute atomic E-state index is 12.1. The monoisotopic (exact) mass is 403 g/mol. The second-order valence-corrected chi connectivity index (χ2v) is 6.49. The molecule has 1 atom stereocenters. The van der Waals surface area contributed by atoms with Crippen molar-refractivity contribution in [3.05, 3.63) is 27.3 Å². The third-order valence-corrected chi connectivity index (χ3v) is 4.43. The van der Waals surface area contributed by atoms with Gasteiger partial charge in [-0.15, -0.1) is 0 Å². The Bertz CT molecular complexity index is 546. The van der Waals surface area contributed by atoms with Crippen LogP contribution in [0.25, 0.3) is 0 Å². The summed E-state index contributed by atoms with van der Waals surface area (Å²) < 4.78 is 6.31. The Kier molecular flexibility index (Phi) is 5.44. The van der Waals surface area contributed by atoms with Crippen LogP contribution in [-0.4, -0.2) is 41.6 Å². The molecule has 1 aliphatic rings. The molecule has 1 aliphatic heterocycles. The summed E-state index contributed by atoms with van der Waals surface area (Å²) >= 11 is 2.06. The van der Waals surface area contributed by atoms with E-state index in [0.717, 1.165) is 29.5 Å². The summed E-state index contributed by atoms with van der Waals surface area (Å²) in [6, 6.07) is 4.65.